The van der Waals surface area contributed by atoms with E-state index in [1.807, 2.05) is 12.1 Å². The molecule has 1 aliphatic rings. The van der Waals surface area contributed by atoms with Gasteiger partial charge in [0.1, 0.15) is 5.75 Å². The van der Waals surface area contributed by atoms with E-state index in [9.17, 15) is 0 Å². The van der Waals surface area contributed by atoms with Gasteiger partial charge < -0.3 is 10.5 Å². The van der Waals surface area contributed by atoms with Gasteiger partial charge in [-0.25, -0.2) is 0 Å². The summed E-state index contributed by atoms with van der Waals surface area (Å²) in [6.07, 6.45) is 0.984. The Kier molecular flexibility index (Phi) is 2.42. The van der Waals surface area contributed by atoms with Gasteiger partial charge in [-0.05, 0) is 17.2 Å². The van der Waals surface area contributed by atoms with Crippen LogP contribution in [0.15, 0.2) is 18.2 Å². The Hall–Kier alpha value is -0.730. The van der Waals surface area contributed by atoms with Gasteiger partial charge in [-0.2, -0.15) is 0 Å². The lowest BCUT2D eigenvalue weighted by Gasteiger charge is -2.09. The molecule has 2 rings (SSSR count). The zero-order chi connectivity index (χ0) is 9.26. The van der Waals surface area contributed by atoms with Crippen molar-refractivity contribution in [1.82, 2.24) is 0 Å². The predicted molar refractivity (Wildman–Crippen MR) is 53.3 cm³/mol. The van der Waals surface area contributed by atoms with Gasteiger partial charge in [0.15, 0.2) is 0 Å². The second kappa shape index (κ2) is 3.56. The third kappa shape index (κ3) is 1.64. The summed E-state index contributed by atoms with van der Waals surface area (Å²) >= 11 is 5.68. The van der Waals surface area contributed by atoms with Gasteiger partial charge in [-0.15, -0.1) is 11.6 Å². The van der Waals surface area contributed by atoms with Crippen LogP contribution in [0.25, 0.3) is 0 Å². The molecule has 70 valence electrons. The summed E-state index contributed by atoms with van der Waals surface area (Å²) in [5.74, 6) is 1.45. The Morgan fingerprint density at radius 1 is 1.54 bits per heavy atom. The van der Waals surface area contributed by atoms with E-state index in [0.29, 0.717) is 5.88 Å². The molecule has 1 heterocycles. The summed E-state index contributed by atoms with van der Waals surface area (Å²) in [4.78, 5) is 0. The normalized spacial score (nSPS) is 16.5. The van der Waals surface area contributed by atoms with Crippen molar-refractivity contribution in [1.29, 1.82) is 0 Å². The van der Waals surface area contributed by atoms with Crippen molar-refractivity contribution in [2.45, 2.75) is 12.5 Å². The first-order valence-corrected chi connectivity index (χ1v) is 4.92. The number of rotatable bonds is 2. The van der Waals surface area contributed by atoms with Crippen molar-refractivity contribution in [2.24, 2.45) is 5.73 Å². The van der Waals surface area contributed by atoms with Gasteiger partial charge in [-0.3, -0.25) is 0 Å². The lowest BCUT2D eigenvalue weighted by atomic mass is 10.0. The number of hydrogen-bond donors (Lipinski definition) is 1. The van der Waals surface area contributed by atoms with E-state index in [1.165, 1.54) is 5.56 Å². The van der Waals surface area contributed by atoms with E-state index in [0.717, 1.165) is 24.3 Å². The summed E-state index contributed by atoms with van der Waals surface area (Å²) < 4.78 is 5.39. The molecule has 0 saturated carbocycles. The van der Waals surface area contributed by atoms with Crippen molar-refractivity contribution in [3.63, 3.8) is 0 Å². The molecule has 0 spiro atoms. The number of hydrogen-bond acceptors (Lipinski definition) is 2. The Labute approximate surface area is 82.6 Å². The van der Waals surface area contributed by atoms with Crippen molar-refractivity contribution < 1.29 is 4.74 Å². The van der Waals surface area contributed by atoms with Crippen LogP contribution in [-0.2, 0) is 6.42 Å². The maximum atomic E-state index is 5.82. The fraction of sp³-hybridized carbons (Fsp3) is 0.400. The molecule has 0 aromatic heterocycles. The molecule has 0 saturated heterocycles. The topological polar surface area (TPSA) is 35.2 Å². The molecule has 1 unspecified atom stereocenters. The second-order valence-corrected chi connectivity index (χ2v) is 3.54. The van der Waals surface area contributed by atoms with Crippen LogP contribution in [0, 0.1) is 0 Å². The molecule has 1 atom stereocenters. The molecule has 0 amide bonds. The monoisotopic (exact) mass is 197 g/mol. The van der Waals surface area contributed by atoms with E-state index in [1.54, 1.807) is 0 Å². The summed E-state index contributed by atoms with van der Waals surface area (Å²) in [5, 5.41) is 0. The maximum absolute atomic E-state index is 5.82. The first-order valence-electron chi connectivity index (χ1n) is 4.38. The summed E-state index contributed by atoms with van der Waals surface area (Å²) in [6, 6.07) is 5.99. The molecule has 0 radical (unpaired) electrons. The number of nitrogens with two attached hydrogens (primary N) is 1. The van der Waals surface area contributed by atoms with Gasteiger partial charge in [0.25, 0.3) is 0 Å². The lowest BCUT2D eigenvalue weighted by molar-refractivity contribution is 0.357. The van der Waals surface area contributed by atoms with Crippen LogP contribution in [0.4, 0.5) is 0 Å². The summed E-state index contributed by atoms with van der Waals surface area (Å²) in [5.41, 5.74) is 8.16. The highest BCUT2D eigenvalue weighted by molar-refractivity contribution is 6.18. The van der Waals surface area contributed by atoms with Crippen LogP contribution >= 0.6 is 11.6 Å². The largest absolute Gasteiger partial charge is 0.493 e. The van der Waals surface area contributed by atoms with Crippen LogP contribution in [0.2, 0.25) is 0 Å². The van der Waals surface area contributed by atoms with E-state index in [-0.39, 0.29) is 6.04 Å². The van der Waals surface area contributed by atoms with Crippen LogP contribution < -0.4 is 10.5 Å². The van der Waals surface area contributed by atoms with E-state index >= 15 is 0 Å². The molecule has 2 N–H and O–H groups in total. The Morgan fingerprint density at radius 2 is 2.38 bits per heavy atom. The minimum atomic E-state index is -0.0624. The third-order valence-corrected chi connectivity index (χ3v) is 2.64. The van der Waals surface area contributed by atoms with Gasteiger partial charge in [-0.1, -0.05) is 12.1 Å². The fourth-order valence-corrected chi connectivity index (χ4v) is 1.70. The minimum Gasteiger partial charge on any atom is -0.493 e. The van der Waals surface area contributed by atoms with Gasteiger partial charge in [0, 0.05) is 18.3 Å². The molecule has 3 heteroatoms. The van der Waals surface area contributed by atoms with Crippen molar-refractivity contribution in [3.05, 3.63) is 29.3 Å². The molecular formula is C10H12ClNO. The van der Waals surface area contributed by atoms with E-state index in [2.05, 4.69) is 6.07 Å². The molecule has 1 aliphatic heterocycles. The molecule has 13 heavy (non-hydrogen) atoms. The van der Waals surface area contributed by atoms with Crippen LogP contribution in [-0.4, -0.2) is 12.5 Å². The molecular weight excluding hydrogens is 186 g/mol. The van der Waals surface area contributed by atoms with Crippen LogP contribution in [0.3, 0.4) is 0 Å². The van der Waals surface area contributed by atoms with Gasteiger partial charge in [0.05, 0.1) is 6.61 Å². The number of ether oxygens (including phenoxy) is 1. The third-order valence-electron chi connectivity index (χ3n) is 2.31. The number of fused-ring (bicyclic) bond motifs is 1. The summed E-state index contributed by atoms with van der Waals surface area (Å²) in [7, 11) is 0. The Bertz CT molecular complexity index is 314. The van der Waals surface area contributed by atoms with E-state index < -0.39 is 0 Å². The average molecular weight is 198 g/mol. The zero-order valence-corrected chi connectivity index (χ0v) is 8.05. The van der Waals surface area contributed by atoms with E-state index in [4.69, 9.17) is 22.1 Å². The number of alkyl halides is 1. The van der Waals surface area contributed by atoms with Crippen molar-refractivity contribution >= 4 is 11.6 Å². The standard InChI is InChI=1S/C10H12ClNO/c11-6-9(12)7-1-2-10-8(5-7)3-4-13-10/h1-2,5,9H,3-4,6,12H2. The lowest BCUT2D eigenvalue weighted by Crippen LogP contribution is -2.11. The second-order valence-electron chi connectivity index (χ2n) is 3.23. The number of halogens is 1. The Morgan fingerprint density at radius 3 is 3.15 bits per heavy atom. The average Bonchev–Trinajstić information content (AvgIpc) is 2.63. The Balaban J connectivity index is 2.30. The quantitative estimate of drug-likeness (QED) is 0.735. The SMILES string of the molecule is NC(CCl)c1ccc2c(c1)CCO2. The molecule has 2 nitrogen and oxygen atoms in total. The zero-order valence-electron chi connectivity index (χ0n) is 7.29. The van der Waals surface area contributed by atoms with Crippen LogP contribution in [0.5, 0.6) is 5.75 Å². The van der Waals surface area contributed by atoms with Crippen LogP contribution in [0.1, 0.15) is 17.2 Å². The van der Waals surface area contributed by atoms with Crippen molar-refractivity contribution in [3.8, 4) is 5.75 Å². The smallest absolute Gasteiger partial charge is 0.122 e. The first-order chi connectivity index (χ1) is 6.31. The summed E-state index contributed by atoms with van der Waals surface area (Å²) in [6.45, 7) is 0.787. The van der Waals surface area contributed by atoms with Gasteiger partial charge in [0.2, 0.25) is 0 Å². The highest BCUT2D eigenvalue weighted by atomic mass is 35.5. The fourth-order valence-electron chi connectivity index (χ4n) is 1.53. The van der Waals surface area contributed by atoms with Gasteiger partial charge >= 0.3 is 0 Å². The molecule has 1 aromatic carbocycles. The first kappa shape index (κ1) is 8.85. The number of benzene rings is 1. The predicted octanol–water partition coefficient (Wildman–Crippen LogP) is 1.86. The highest BCUT2D eigenvalue weighted by Crippen LogP contribution is 2.27. The minimum absolute atomic E-state index is 0.0624. The van der Waals surface area contributed by atoms with Crippen molar-refractivity contribution in [2.75, 3.05) is 12.5 Å². The molecule has 1 aromatic rings. The molecule has 0 bridgehead atoms. The molecule has 0 fully saturated rings. The maximum Gasteiger partial charge on any atom is 0.122 e. The highest BCUT2D eigenvalue weighted by Gasteiger charge is 2.13. The molecule has 0 aliphatic carbocycles.